The molecule has 5 heterocycles. The molecule has 1 spiro atoms. The summed E-state index contributed by atoms with van der Waals surface area (Å²) in [5, 5.41) is 2.96. The minimum Gasteiger partial charge on any atom is -0.497 e. The van der Waals surface area contributed by atoms with Crippen molar-refractivity contribution in [1.29, 1.82) is 0 Å². The summed E-state index contributed by atoms with van der Waals surface area (Å²) in [7, 11) is 1.67. The number of aromatic nitrogens is 1. The largest absolute Gasteiger partial charge is 0.497 e. The number of methoxy groups -OCH3 is 1. The maximum absolute atomic E-state index is 6.61. The molecule has 6 nitrogen and oxygen atoms in total. The van der Waals surface area contributed by atoms with Crippen molar-refractivity contribution < 1.29 is 24.0 Å². The van der Waals surface area contributed by atoms with Gasteiger partial charge in [-0.2, -0.15) is 0 Å². The summed E-state index contributed by atoms with van der Waals surface area (Å²) < 4.78 is 18.3. The first-order valence-electron chi connectivity index (χ1n) is 11.5. The van der Waals surface area contributed by atoms with E-state index in [2.05, 4.69) is 19.2 Å². The summed E-state index contributed by atoms with van der Waals surface area (Å²) in [5.74, 6) is 1.97. The van der Waals surface area contributed by atoms with Crippen LogP contribution in [0.2, 0.25) is 0 Å². The van der Waals surface area contributed by atoms with Crippen LogP contribution in [0.15, 0.2) is 35.2 Å². The lowest BCUT2D eigenvalue weighted by molar-refractivity contribution is -0.553. The fraction of sp³-hybridized carbons (Fsp3) is 0.560. The molecule has 170 valence electrons. The van der Waals surface area contributed by atoms with Crippen LogP contribution >= 0.6 is 11.3 Å². The zero-order valence-electron chi connectivity index (χ0n) is 18.9. The molecule has 1 saturated carbocycles. The topological polar surface area (TPSA) is 59.0 Å². The Morgan fingerprint density at radius 1 is 1.12 bits per heavy atom. The molecule has 32 heavy (non-hydrogen) atoms. The summed E-state index contributed by atoms with van der Waals surface area (Å²) in [4.78, 5) is 17.1. The van der Waals surface area contributed by atoms with Crippen molar-refractivity contribution >= 4 is 17.1 Å². The van der Waals surface area contributed by atoms with Gasteiger partial charge in [-0.15, -0.1) is 11.3 Å². The molecular formula is C25H29NO5S. The highest BCUT2D eigenvalue weighted by Crippen LogP contribution is 2.61. The van der Waals surface area contributed by atoms with E-state index in [-0.39, 0.29) is 5.92 Å². The zero-order valence-corrected chi connectivity index (χ0v) is 19.7. The molecule has 2 bridgehead atoms. The van der Waals surface area contributed by atoms with Gasteiger partial charge in [0.1, 0.15) is 5.75 Å². The summed E-state index contributed by atoms with van der Waals surface area (Å²) in [6, 6.07) is 7.97. The monoisotopic (exact) mass is 455 g/mol. The van der Waals surface area contributed by atoms with E-state index in [0.29, 0.717) is 11.8 Å². The third-order valence-electron chi connectivity index (χ3n) is 7.91. The fourth-order valence-electron chi connectivity index (χ4n) is 6.11. The van der Waals surface area contributed by atoms with Crippen LogP contribution in [-0.4, -0.2) is 29.8 Å². The number of thiazole rings is 1. The van der Waals surface area contributed by atoms with Gasteiger partial charge in [-0.05, 0) is 68.9 Å². The van der Waals surface area contributed by atoms with Gasteiger partial charge in [0.25, 0.3) is 0 Å². The van der Waals surface area contributed by atoms with E-state index in [9.17, 15) is 0 Å². The standard InChI is InChI=1S/C25H29NO5S/c1-14-5-10-19-15(2)21(22-26-20(13-32-22)16-6-8-17(27-4)9-7-16)28-23-25(19)18(14)11-12-24(3,29-23)30-31-25/h6-9,13-14,18-19,23H,5,10-12H2,1-4H3/t14-,18+,19+,23-,24-,25-/m1/s1. The molecule has 7 heteroatoms. The maximum Gasteiger partial charge on any atom is 0.236 e. The van der Waals surface area contributed by atoms with Gasteiger partial charge < -0.3 is 14.2 Å². The van der Waals surface area contributed by atoms with Crippen LogP contribution in [0.4, 0.5) is 0 Å². The van der Waals surface area contributed by atoms with E-state index >= 15 is 0 Å². The Hall–Kier alpha value is -1.93. The Morgan fingerprint density at radius 3 is 2.72 bits per heavy atom. The summed E-state index contributed by atoms with van der Waals surface area (Å²) in [6.45, 7) is 6.44. The van der Waals surface area contributed by atoms with E-state index in [0.717, 1.165) is 47.0 Å². The average Bonchev–Trinajstić information content (AvgIpc) is 3.18. The second-order valence-corrected chi connectivity index (χ2v) is 10.6. The Morgan fingerprint density at radius 2 is 1.94 bits per heavy atom. The van der Waals surface area contributed by atoms with Crippen LogP contribution in [0.25, 0.3) is 17.0 Å². The Bertz CT molecular complexity index is 1060. The average molecular weight is 456 g/mol. The SMILES string of the molecule is COc1ccc(-c2csc(C3=C(C)[C@@H]4CC[C@@H](C)[C@@H]5CC[C@@]6(C)OO[C@@]45[C@H](O3)O6)n2)cc1. The highest BCUT2D eigenvalue weighted by Gasteiger charge is 2.68. The van der Waals surface area contributed by atoms with Crippen molar-refractivity contribution in [3.63, 3.8) is 0 Å². The first-order chi connectivity index (χ1) is 15.4. The van der Waals surface area contributed by atoms with Gasteiger partial charge in [-0.3, -0.25) is 0 Å². The first kappa shape index (κ1) is 20.7. The van der Waals surface area contributed by atoms with Crippen molar-refractivity contribution in [1.82, 2.24) is 4.98 Å². The van der Waals surface area contributed by atoms with E-state index < -0.39 is 17.7 Å². The minimum absolute atomic E-state index is 0.188. The van der Waals surface area contributed by atoms with Gasteiger partial charge in [0.2, 0.25) is 12.1 Å². The molecule has 1 aromatic heterocycles. The molecule has 2 aromatic rings. The molecule has 0 radical (unpaired) electrons. The second kappa shape index (κ2) is 7.29. The number of nitrogens with zero attached hydrogens (tertiary/aromatic N) is 1. The summed E-state index contributed by atoms with van der Waals surface area (Å²) in [5.41, 5.74) is 2.59. The van der Waals surface area contributed by atoms with Gasteiger partial charge in [-0.1, -0.05) is 6.92 Å². The smallest absolute Gasteiger partial charge is 0.236 e. The van der Waals surface area contributed by atoms with Crippen molar-refractivity contribution in [2.45, 2.75) is 64.1 Å². The highest BCUT2D eigenvalue weighted by atomic mass is 32.1. The maximum atomic E-state index is 6.61. The number of ether oxygens (including phenoxy) is 3. The first-order valence-corrected chi connectivity index (χ1v) is 12.3. The van der Waals surface area contributed by atoms with Crippen LogP contribution in [0.5, 0.6) is 5.75 Å². The molecule has 4 fully saturated rings. The molecule has 6 atom stereocenters. The lowest BCUT2D eigenvalue weighted by Crippen LogP contribution is -2.66. The zero-order chi connectivity index (χ0) is 22.1. The van der Waals surface area contributed by atoms with E-state index in [1.54, 1.807) is 18.4 Å². The third-order valence-corrected chi connectivity index (χ3v) is 8.75. The number of hydrogen-bond acceptors (Lipinski definition) is 7. The van der Waals surface area contributed by atoms with Crippen LogP contribution < -0.4 is 4.74 Å². The van der Waals surface area contributed by atoms with Crippen LogP contribution in [0.3, 0.4) is 0 Å². The summed E-state index contributed by atoms with van der Waals surface area (Å²) >= 11 is 1.61. The Balaban J connectivity index is 1.39. The molecular weight excluding hydrogens is 426 g/mol. The van der Waals surface area contributed by atoms with Crippen LogP contribution in [-0.2, 0) is 19.2 Å². The van der Waals surface area contributed by atoms with Crippen molar-refractivity contribution in [3.05, 3.63) is 40.2 Å². The Labute approximate surface area is 192 Å². The molecule has 1 aliphatic carbocycles. The molecule has 0 N–H and O–H groups in total. The van der Waals surface area contributed by atoms with Gasteiger partial charge >= 0.3 is 0 Å². The van der Waals surface area contributed by atoms with E-state index in [1.807, 2.05) is 31.2 Å². The molecule has 0 amide bonds. The highest BCUT2D eigenvalue weighted by molar-refractivity contribution is 7.11. The normalized spacial score (nSPS) is 38.1. The van der Waals surface area contributed by atoms with Gasteiger partial charge in [0.15, 0.2) is 16.4 Å². The summed E-state index contributed by atoms with van der Waals surface area (Å²) in [6.07, 6.45) is 3.55. The van der Waals surface area contributed by atoms with Crippen molar-refractivity contribution in [2.75, 3.05) is 7.11 Å². The van der Waals surface area contributed by atoms with Crippen LogP contribution in [0.1, 0.15) is 51.5 Å². The second-order valence-electron chi connectivity index (χ2n) is 9.75. The molecule has 0 unspecified atom stereocenters. The molecule has 1 aromatic carbocycles. The van der Waals surface area contributed by atoms with E-state index in [4.69, 9.17) is 29.0 Å². The number of fused-ring (bicyclic) bond motifs is 2. The minimum atomic E-state index is -0.773. The quantitative estimate of drug-likeness (QED) is 0.546. The molecule has 7 rings (SSSR count). The van der Waals surface area contributed by atoms with Gasteiger partial charge in [0, 0.05) is 29.2 Å². The Kier molecular flexibility index (Phi) is 4.70. The molecule has 3 saturated heterocycles. The predicted molar refractivity (Wildman–Crippen MR) is 121 cm³/mol. The number of hydrogen-bond donors (Lipinski definition) is 0. The number of benzene rings is 1. The third kappa shape index (κ3) is 2.91. The predicted octanol–water partition coefficient (Wildman–Crippen LogP) is 5.80. The van der Waals surface area contributed by atoms with Crippen LogP contribution in [0, 0.1) is 17.8 Å². The number of rotatable bonds is 3. The van der Waals surface area contributed by atoms with Crippen molar-refractivity contribution in [3.8, 4) is 17.0 Å². The lowest BCUT2D eigenvalue weighted by Gasteiger charge is -2.57. The van der Waals surface area contributed by atoms with Gasteiger partial charge in [-0.25, -0.2) is 14.8 Å². The fourth-order valence-corrected chi connectivity index (χ4v) is 6.98. The molecule has 4 aliphatic heterocycles. The van der Waals surface area contributed by atoms with E-state index in [1.165, 1.54) is 12.0 Å². The van der Waals surface area contributed by atoms with Crippen molar-refractivity contribution in [2.24, 2.45) is 17.8 Å². The lowest BCUT2D eigenvalue weighted by atomic mass is 9.59. The van der Waals surface area contributed by atoms with Gasteiger partial charge in [0.05, 0.1) is 12.8 Å². The molecule has 5 aliphatic rings.